The highest BCUT2D eigenvalue weighted by molar-refractivity contribution is 6.14. The molecule has 10 rings (SSSR count). The molecule has 0 N–H and O–H groups in total. The van der Waals surface area contributed by atoms with Gasteiger partial charge in [0.1, 0.15) is 0 Å². The topological polar surface area (TPSA) is 6.48 Å². The van der Waals surface area contributed by atoms with Crippen LogP contribution in [0.1, 0.15) is 43.7 Å². The fourth-order valence-electron chi connectivity index (χ4n) is 9.49. The van der Waals surface area contributed by atoms with Crippen molar-refractivity contribution < 1.29 is 0 Å². The van der Waals surface area contributed by atoms with Gasteiger partial charge in [-0.05, 0) is 125 Å². The maximum Gasteiger partial charge on any atom is 0.0546 e. The van der Waals surface area contributed by atoms with Crippen LogP contribution in [0.4, 0.5) is 34.1 Å². The van der Waals surface area contributed by atoms with E-state index in [9.17, 15) is 0 Å². The van der Waals surface area contributed by atoms with Crippen LogP contribution in [-0.2, 0) is 5.41 Å². The summed E-state index contributed by atoms with van der Waals surface area (Å²) in [5.41, 5.74) is 9.74. The van der Waals surface area contributed by atoms with Gasteiger partial charge in [0.25, 0.3) is 0 Å². The summed E-state index contributed by atoms with van der Waals surface area (Å²) in [4.78, 5) is 4.85. The molecule has 0 unspecified atom stereocenters. The number of rotatable bonds is 8. The van der Waals surface area contributed by atoms with Gasteiger partial charge in [-0.1, -0.05) is 153 Å². The van der Waals surface area contributed by atoms with E-state index >= 15 is 0 Å². The molecule has 0 saturated heterocycles. The van der Waals surface area contributed by atoms with Crippen molar-refractivity contribution in [1.82, 2.24) is 0 Å². The Hall–Kier alpha value is -6.64. The van der Waals surface area contributed by atoms with Crippen LogP contribution in [0.5, 0.6) is 0 Å². The predicted octanol–water partition coefficient (Wildman–Crippen LogP) is 15.6. The Morgan fingerprint density at radius 3 is 1.40 bits per heavy atom. The number of nitrogens with zero attached hydrogens (tertiary/aromatic N) is 2. The van der Waals surface area contributed by atoms with Gasteiger partial charge in [0.2, 0.25) is 0 Å². The average Bonchev–Trinajstić information content (AvgIpc) is 3.28. The fourth-order valence-corrected chi connectivity index (χ4v) is 9.49. The Labute approximate surface area is 336 Å². The lowest BCUT2D eigenvalue weighted by molar-refractivity contribution is 0.280. The molecule has 1 fully saturated rings. The third-order valence-corrected chi connectivity index (χ3v) is 12.5. The van der Waals surface area contributed by atoms with E-state index in [0.29, 0.717) is 0 Å². The molecule has 0 spiro atoms. The molecule has 2 nitrogen and oxygen atoms in total. The predicted molar refractivity (Wildman–Crippen MR) is 243 cm³/mol. The maximum absolute atomic E-state index is 2.44. The quantitative estimate of drug-likeness (QED) is 0.143. The Morgan fingerprint density at radius 1 is 0.368 bits per heavy atom. The SMILES string of the molecule is CC1CCC(c2ccc(N(c3ccccc3)c3cccc4ccccc34)cc2)(c2ccc(N(c3ccccc3)c3cc4ccccc4c4ccccc34)cc2)CC1. The van der Waals surface area contributed by atoms with Crippen LogP contribution in [0.25, 0.3) is 32.3 Å². The zero-order valence-electron chi connectivity index (χ0n) is 32.4. The molecule has 0 aromatic heterocycles. The van der Waals surface area contributed by atoms with E-state index in [1.165, 1.54) is 67.7 Å². The Balaban J connectivity index is 1.07. The number of fused-ring (bicyclic) bond motifs is 4. The van der Waals surface area contributed by atoms with Crippen LogP contribution in [-0.4, -0.2) is 0 Å². The molecule has 1 aliphatic rings. The standard InChI is InChI=1S/C55H46N2/c1-40-35-37-55(38-36-40,43-27-31-47(32-28-43)56(45-18-4-2-5-19-45)53-26-14-17-41-15-8-11-23-50(41)53)44-29-33-48(34-30-44)57(46-20-6-3-7-21-46)54-39-42-16-9-10-22-49(42)51-24-12-13-25-52(51)54/h2-34,39-40H,35-38H2,1H3. The molecular formula is C55H46N2. The fraction of sp³-hybridized carbons (Fsp3) is 0.127. The molecule has 0 atom stereocenters. The van der Waals surface area contributed by atoms with E-state index < -0.39 is 0 Å². The molecule has 2 heteroatoms. The molecule has 1 saturated carbocycles. The maximum atomic E-state index is 2.44. The Morgan fingerprint density at radius 2 is 0.807 bits per heavy atom. The van der Waals surface area contributed by atoms with Crippen molar-refractivity contribution in [3.05, 3.63) is 217 Å². The first kappa shape index (κ1) is 34.8. The van der Waals surface area contributed by atoms with E-state index in [1.807, 2.05) is 0 Å². The first-order chi connectivity index (χ1) is 28.2. The molecule has 0 heterocycles. The van der Waals surface area contributed by atoms with E-state index in [1.54, 1.807) is 0 Å². The second-order valence-electron chi connectivity index (χ2n) is 15.9. The number of para-hydroxylation sites is 2. The molecule has 1 aliphatic carbocycles. The van der Waals surface area contributed by atoms with Crippen molar-refractivity contribution >= 4 is 66.4 Å². The molecular weight excluding hydrogens is 689 g/mol. The zero-order valence-corrected chi connectivity index (χ0v) is 32.4. The van der Waals surface area contributed by atoms with Crippen molar-refractivity contribution in [2.24, 2.45) is 5.92 Å². The average molecular weight is 735 g/mol. The molecule has 0 radical (unpaired) electrons. The van der Waals surface area contributed by atoms with Crippen molar-refractivity contribution in [3.63, 3.8) is 0 Å². The summed E-state index contributed by atoms with van der Waals surface area (Å²) in [6.45, 7) is 2.42. The Bertz CT molecular complexity index is 2790. The summed E-state index contributed by atoms with van der Waals surface area (Å²) in [6.07, 6.45) is 4.70. The molecule has 57 heavy (non-hydrogen) atoms. The summed E-state index contributed by atoms with van der Waals surface area (Å²) >= 11 is 0. The van der Waals surface area contributed by atoms with Crippen LogP contribution in [0.3, 0.4) is 0 Å². The van der Waals surface area contributed by atoms with Gasteiger partial charge >= 0.3 is 0 Å². The lowest BCUT2D eigenvalue weighted by atomic mass is 9.63. The van der Waals surface area contributed by atoms with Crippen LogP contribution < -0.4 is 9.80 Å². The summed E-state index contributed by atoms with van der Waals surface area (Å²) in [7, 11) is 0. The third-order valence-electron chi connectivity index (χ3n) is 12.5. The van der Waals surface area contributed by atoms with E-state index in [4.69, 9.17) is 0 Å². The number of benzene rings is 9. The molecule has 0 aliphatic heterocycles. The summed E-state index contributed by atoms with van der Waals surface area (Å²) in [5.74, 6) is 0.728. The summed E-state index contributed by atoms with van der Waals surface area (Å²) in [5, 5.41) is 7.53. The van der Waals surface area contributed by atoms with E-state index in [2.05, 4.69) is 223 Å². The minimum absolute atomic E-state index is 0.0617. The van der Waals surface area contributed by atoms with Crippen LogP contribution >= 0.6 is 0 Å². The van der Waals surface area contributed by atoms with Crippen LogP contribution in [0.15, 0.2) is 206 Å². The highest BCUT2D eigenvalue weighted by Crippen LogP contribution is 2.49. The van der Waals surface area contributed by atoms with Gasteiger partial charge in [-0.3, -0.25) is 0 Å². The Kier molecular flexibility index (Phi) is 9.03. The third kappa shape index (κ3) is 6.32. The molecule has 9 aromatic carbocycles. The zero-order chi connectivity index (χ0) is 38.2. The number of anilines is 6. The van der Waals surface area contributed by atoms with Crippen molar-refractivity contribution in [1.29, 1.82) is 0 Å². The molecule has 276 valence electrons. The van der Waals surface area contributed by atoms with Gasteiger partial charge in [0, 0.05) is 38.9 Å². The van der Waals surface area contributed by atoms with Crippen molar-refractivity contribution in [3.8, 4) is 0 Å². The lowest BCUT2D eigenvalue weighted by Gasteiger charge is -2.41. The summed E-state index contributed by atoms with van der Waals surface area (Å²) < 4.78 is 0. The first-order valence-corrected chi connectivity index (χ1v) is 20.5. The monoisotopic (exact) mass is 734 g/mol. The highest BCUT2D eigenvalue weighted by atomic mass is 15.1. The normalized spacial score (nSPS) is 16.8. The molecule has 9 aromatic rings. The van der Waals surface area contributed by atoms with Gasteiger partial charge in [-0.2, -0.15) is 0 Å². The smallest absolute Gasteiger partial charge is 0.0546 e. The first-order valence-electron chi connectivity index (χ1n) is 20.5. The van der Waals surface area contributed by atoms with E-state index in [0.717, 1.165) is 41.5 Å². The second-order valence-corrected chi connectivity index (χ2v) is 15.9. The van der Waals surface area contributed by atoms with Crippen LogP contribution in [0.2, 0.25) is 0 Å². The van der Waals surface area contributed by atoms with Crippen molar-refractivity contribution in [2.45, 2.75) is 38.0 Å². The van der Waals surface area contributed by atoms with Gasteiger partial charge in [-0.25, -0.2) is 0 Å². The number of hydrogen-bond acceptors (Lipinski definition) is 2. The van der Waals surface area contributed by atoms with Gasteiger partial charge in [0.15, 0.2) is 0 Å². The molecule has 0 bridgehead atoms. The highest BCUT2D eigenvalue weighted by Gasteiger charge is 2.38. The minimum atomic E-state index is -0.0617. The van der Waals surface area contributed by atoms with Crippen LogP contribution in [0, 0.1) is 5.92 Å². The lowest BCUT2D eigenvalue weighted by Crippen LogP contribution is -2.32. The van der Waals surface area contributed by atoms with E-state index in [-0.39, 0.29) is 5.41 Å². The largest absolute Gasteiger partial charge is 0.310 e. The van der Waals surface area contributed by atoms with Crippen molar-refractivity contribution in [2.75, 3.05) is 9.80 Å². The van der Waals surface area contributed by atoms with Gasteiger partial charge < -0.3 is 9.80 Å². The second kappa shape index (κ2) is 14.8. The number of hydrogen-bond donors (Lipinski definition) is 0. The molecule has 0 amide bonds. The summed E-state index contributed by atoms with van der Waals surface area (Å²) in [6, 6.07) is 75.9. The van der Waals surface area contributed by atoms with Gasteiger partial charge in [0.05, 0.1) is 11.4 Å². The minimum Gasteiger partial charge on any atom is -0.310 e. The van der Waals surface area contributed by atoms with Gasteiger partial charge in [-0.15, -0.1) is 0 Å².